The van der Waals surface area contributed by atoms with Crippen molar-refractivity contribution in [3.8, 4) is 5.69 Å². The van der Waals surface area contributed by atoms with Crippen LogP contribution in [0.2, 0.25) is 5.02 Å². The van der Waals surface area contributed by atoms with E-state index < -0.39 is 11.7 Å². The fraction of sp³-hybridized carbons (Fsp3) is 0.238. The highest BCUT2D eigenvalue weighted by Crippen LogP contribution is 2.28. The number of primary amides is 1. The zero-order valence-electron chi connectivity index (χ0n) is 16.9. The first-order chi connectivity index (χ1) is 14.1. The molecule has 0 aliphatic carbocycles. The lowest BCUT2D eigenvalue weighted by atomic mass is 10.1. The molecule has 1 amide bonds. The number of aryl methyl sites for hydroxylation is 2. The van der Waals surface area contributed by atoms with Gasteiger partial charge in [-0.1, -0.05) is 23.4 Å². The summed E-state index contributed by atoms with van der Waals surface area (Å²) in [7, 11) is 0. The molecule has 156 valence electrons. The van der Waals surface area contributed by atoms with E-state index in [1.54, 1.807) is 26.0 Å². The lowest BCUT2D eigenvalue weighted by Crippen LogP contribution is -2.17. The second kappa shape index (κ2) is 8.57. The topological polar surface area (TPSA) is 90.9 Å². The Hall–Kier alpha value is -2.71. The Kier molecular flexibility index (Phi) is 6.28. The van der Waals surface area contributed by atoms with Crippen LogP contribution in [0.25, 0.3) is 5.69 Å². The van der Waals surface area contributed by atoms with Crippen molar-refractivity contribution in [3.05, 3.63) is 68.9 Å². The minimum atomic E-state index is -0.605. The number of halogens is 2. The molecule has 0 spiro atoms. The summed E-state index contributed by atoms with van der Waals surface area (Å²) in [4.78, 5) is 24.7. The summed E-state index contributed by atoms with van der Waals surface area (Å²) >= 11 is 7.03. The maximum absolute atomic E-state index is 13.5. The molecule has 0 unspecified atom stereocenters. The van der Waals surface area contributed by atoms with Gasteiger partial charge in [0.15, 0.2) is 5.78 Å². The Labute approximate surface area is 182 Å². The molecule has 0 saturated heterocycles. The van der Waals surface area contributed by atoms with Gasteiger partial charge in [0.2, 0.25) is 0 Å². The van der Waals surface area contributed by atoms with Crippen LogP contribution in [-0.2, 0) is 0 Å². The Morgan fingerprint density at radius 1 is 1.17 bits per heavy atom. The van der Waals surface area contributed by atoms with E-state index in [-0.39, 0.29) is 22.1 Å². The average Bonchev–Trinajstić information content (AvgIpc) is 2.98. The molecule has 3 aromatic rings. The molecule has 9 heteroatoms. The number of aromatic nitrogens is 3. The summed E-state index contributed by atoms with van der Waals surface area (Å²) in [6, 6.07) is 6.19. The van der Waals surface area contributed by atoms with Gasteiger partial charge in [0.1, 0.15) is 10.8 Å². The predicted octanol–water partition coefficient (Wildman–Crippen LogP) is 4.37. The van der Waals surface area contributed by atoms with Crippen molar-refractivity contribution >= 4 is 35.1 Å². The number of hydrogen-bond acceptors (Lipinski definition) is 5. The number of carbonyl (C=O) groups is 2. The SMILES string of the molecule is Cc1nnc(SCC(=O)c2cc(C)n(-c3ccc(F)c(Cl)c3)c2C)c(C(N)=O)c1C. The number of ketones is 1. The summed E-state index contributed by atoms with van der Waals surface area (Å²) in [6.07, 6.45) is 0. The highest BCUT2D eigenvalue weighted by Gasteiger charge is 2.21. The van der Waals surface area contributed by atoms with Crippen LogP contribution < -0.4 is 5.73 Å². The van der Waals surface area contributed by atoms with Crippen LogP contribution in [0.3, 0.4) is 0 Å². The van der Waals surface area contributed by atoms with Gasteiger partial charge in [0.05, 0.1) is 22.0 Å². The Morgan fingerprint density at radius 3 is 2.50 bits per heavy atom. The molecule has 0 saturated carbocycles. The van der Waals surface area contributed by atoms with Crippen LogP contribution in [0.5, 0.6) is 0 Å². The van der Waals surface area contributed by atoms with Gasteiger partial charge in [-0.25, -0.2) is 4.39 Å². The van der Waals surface area contributed by atoms with Gasteiger partial charge in [0, 0.05) is 22.6 Å². The summed E-state index contributed by atoms with van der Waals surface area (Å²) in [6.45, 7) is 7.16. The molecule has 0 atom stereocenters. The second-order valence-corrected chi connectivity index (χ2v) is 8.26. The van der Waals surface area contributed by atoms with E-state index in [1.807, 2.05) is 18.4 Å². The lowest BCUT2D eigenvalue weighted by Gasteiger charge is -2.11. The third kappa shape index (κ3) is 4.11. The van der Waals surface area contributed by atoms with Gasteiger partial charge < -0.3 is 10.3 Å². The van der Waals surface area contributed by atoms with Gasteiger partial charge >= 0.3 is 0 Å². The summed E-state index contributed by atoms with van der Waals surface area (Å²) < 4.78 is 15.4. The first kappa shape index (κ1) is 22.0. The van der Waals surface area contributed by atoms with E-state index in [0.29, 0.717) is 33.2 Å². The number of nitrogens with two attached hydrogens (primary N) is 1. The van der Waals surface area contributed by atoms with Crippen LogP contribution >= 0.6 is 23.4 Å². The van der Waals surface area contributed by atoms with Crippen LogP contribution in [0, 0.1) is 33.5 Å². The number of thioether (sulfide) groups is 1. The van der Waals surface area contributed by atoms with Crippen molar-refractivity contribution in [3.63, 3.8) is 0 Å². The van der Waals surface area contributed by atoms with Gasteiger partial charge in [-0.15, -0.1) is 5.10 Å². The lowest BCUT2D eigenvalue weighted by molar-refractivity contribution is 0.0991. The normalized spacial score (nSPS) is 11.0. The summed E-state index contributed by atoms with van der Waals surface area (Å²) in [5.41, 5.74) is 9.75. The number of rotatable bonds is 6. The minimum Gasteiger partial charge on any atom is -0.366 e. The molecule has 2 N–H and O–H groups in total. The average molecular weight is 447 g/mol. The van der Waals surface area contributed by atoms with Crippen molar-refractivity contribution in [2.75, 3.05) is 5.75 Å². The van der Waals surface area contributed by atoms with Gasteiger partial charge in [-0.05, 0) is 57.5 Å². The molecule has 2 aromatic heterocycles. The van der Waals surface area contributed by atoms with Crippen LogP contribution in [0.15, 0.2) is 29.3 Å². The van der Waals surface area contributed by atoms with Crippen molar-refractivity contribution in [1.29, 1.82) is 0 Å². The molecule has 0 radical (unpaired) electrons. The van der Waals surface area contributed by atoms with Crippen molar-refractivity contribution in [2.45, 2.75) is 32.7 Å². The molecular formula is C21H20ClFN4O2S. The van der Waals surface area contributed by atoms with Crippen LogP contribution in [0.4, 0.5) is 4.39 Å². The molecule has 30 heavy (non-hydrogen) atoms. The summed E-state index contributed by atoms with van der Waals surface area (Å²) in [5.74, 6) is -1.18. The van der Waals surface area contributed by atoms with Gasteiger partial charge in [-0.2, -0.15) is 5.10 Å². The number of benzene rings is 1. The first-order valence-electron chi connectivity index (χ1n) is 9.05. The zero-order valence-corrected chi connectivity index (χ0v) is 18.5. The second-order valence-electron chi connectivity index (χ2n) is 6.89. The molecule has 0 aliphatic heterocycles. The highest BCUT2D eigenvalue weighted by molar-refractivity contribution is 8.00. The van der Waals surface area contributed by atoms with E-state index in [4.69, 9.17) is 17.3 Å². The molecule has 1 aromatic carbocycles. The van der Waals surface area contributed by atoms with E-state index in [1.165, 1.54) is 12.1 Å². The number of Topliss-reactive ketones (excluding diaryl/α,β-unsaturated/α-hetero) is 1. The monoisotopic (exact) mass is 446 g/mol. The van der Waals surface area contributed by atoms with Crippen LogP contribution in [0.1, 0.15) is 43.4 Å². The minimum absolute atomic E-state index is 0.00993. The molecule has 0 bridgehead atoms. The largest absolute Gasteiger partial charge is 0.366 e. The smallest absolute Gasteiger partial charge is 0.251 e. The Balaban J connectivity index is 1.88. The number of nitrogens with zero attached hydrogens (tertiary/aromatic N) is 3. The van der Waals surface area contributed by atoms with Crippen molar-refractivity contribution in [1.82, 2.24) is 14.8 Å². The maximum Gasteiger partial charge on any atom is 0.251 e. The van der Waals surface area contributed by atoms with Gasteiger partial charge in [-0.3, -0.25) is 9.59 Å². The van der Waals surface area contributed by atoms with E-state index in [2.05, 4.69) is 10.2 Å². The molecule has 3 rings (SSSR count). The molecule has 6 nitrogen and oxygen atoms in total. The molecular weight excluding hydrogens is 427 g/mol. The third-order valence-corrected chi connectivity index (χ3v) is 6.16. The van der Waals surface area contributed by atoms with E-state index >= 15 is 0 Å². The molecule has 0 fully saturated rings. The fourth-order valence-corrected chi connectivity index (χ4v) is 4.35. The van der Waals surface area contributed by atoms with E-state index in [9.17, 15) is 14.0 Å². The zero-order chi connectivity index (χ0) is 22.2. The first-order valence-corrected chi connectivity index (χ1v) is 10.4. The van der Waals surface area contributed by atoms with Crippen LogP contribution in [-0.4, -0.2) is 32.2 Å². The maximum atomic E-state index is 13.5. The standard InChI is InChI=1S/C21H20ClFN4O2S/c1-10-7-15(13(4)27(10)14-5-6-17(23)16(22)8-14)18(28)9-30-21-19(20(24)29)11(2)12(3)25-26-21/h5-8H,9H2,1-4H3,(H2,24,29). The van der Waals surface area contributed by atoms with Crippen molar-refractivity contribution in [2.24, 2.45) is 5.73 Å². The third-order valence-electron chi connectivity index (χ3n) is 4.90. The fourth-order valence-electron chi connectivity index (χ4n) is 3.26. The number of carbonyl (C=O) groups excluding carboxylic acids is 2. The number of hydrogen-bond donors (Lipinski definition) is 1. The van der Waals surface area contributed by atoms with Crippen molar-refractivity contribution < 1.29 is 14.0 Å². The Bertz CT molecular complexity index is 1180. The number of amides is 1. The summed E-state index contributed by atoms with van der Waals surface area (Å²) in [5, 5.41) is 8.41. The van der Waals surface area contributed by atoms with Gasteiger partial charge in [0.25, 0.3) is 5.91 Å². The quantitative estimate of drug-likeness (QED) is 0.448. The molecule has 0 aliphatic rings. The Morgan fingerprint density at radius 2 is 1.87 bits per heavy atom. The highest BCUT2D eigenvalue weighted by atomic mass is 35.5. The van der Waals surface area contributed by atoms with E-state index in [0.717, 1.165) is 17.5 Å². The predicted molar refractivity (Wildman–Crippen MR) is 115 cm³/mol. The molecule has 2 heterocycles.